The van der Waals surface area contributed by atoms with Crippen LogP contribution in [-0.4, -0.2) is 40.8 Å². The Kier molecular flexibility index (Phi) is 4.96. The van der Waals surface area contributed by atoms with E-state index in [1.807, 2.05) is 30.3 Å². The quantitative estimate of drug-likeness (QED) is 0.843. The van der Waals surface area contributed by atoms with E-state index in [2.05, 4.69) is 0 Å². The second kappa shape index (κ2) is 6.72. The van der Waals surface area contributed by atoms with Crippen molar-refractivity contribution in [1.29, 1.82) is 0 Å². The first-order valence-corrected chi connectivity index (χ1v) is 7.26. The smallest absolute Gasteiger partial charge is 0.416 e. The molecule has 1 aromatic carbocycles. The molecular weight excluding hydrogens is 272 g/mol. The van der Waals surface area contributed by atoms with Crippen molar-refractivity contribution in [3.63, 3.8) is 0 Å². The van der Waals surface area contributed by atoms with Crippen molar-refractivity contribution in [3.05, 3.63) is 35.9 Å². The predicted octanol–water partition coefficient (Wildman–Crippen LogP) is 1.98. The Morgan fingerprint density at radius 2 is 2.10 bits per heavy atom. The van der Waals surface area contributed by atoms with Crippen LogP contribution in [0.1, 0.15) is 25.8 Å². The number of ether oxygens (including phenoxy) is 1. The number of benzene rings is 1. The lowest BCUT2D eigenvalue weighted by Crippen LogP contribution is -2.45. The maximum atomic E-state index is 12.4. The molecule has 1 aliphatic rings. The molecule has 2 rings (SSSR count). The highest BCUT2D eigenvalue weighted by Gasteiger charge is 2.40. The summed E-state index contributed by atoms with van der Waals surface area (Å²) in [6.45, 7) is 3.65. The molecule has 21 heavy (non-hydrogen) atoms. The molecule has 0 saturated carbocycles. The second-order valence-corrected chi connectivity index (χ2v) is 5.39. The number of rotatable bonds is 5. The summed E-state index contributed by atoms with van der Waals surface area (Å²) in [6, 6.07) is 9.36. The average Bonchev–Trinajstić information content (AvgIpc) is 2.86. The van der Waals surface area contributed by atoms with Crippen molar-refractivity contribution in [3.8, 4) is 0 Å². The number of nitrogens with zero attached hydrogens (tertiary/aromatic N) is 1. The number of carbonyl (C=O) groups excluding carboxylic acids is 2. The van der Waals surface area contributed by atoms with E-state index in [1.165, 1.54) is 0 Å². The highest BCUT2D eigenvalue weighted by Crippen LogP contribution is 2.21. The van der Waals surface area contributed by atoms with Crippen LogP contribution < -0.4 is 0 Å². The van der Waals surface area contributed by atoms with Crippen LogP contribution in [0.25, 0.3) is 0 Å². The predicted molar refractivity (Wildman–Crippen MR) is 77.6 cm³/mol. The minimum atomic E-state index is -0.747. The van der Waals surface area contributed by atoms with Gasteiger partial charge in [-0.1, -0.05) is 44.2 Å². The van der Waals surface area contributed by atoms with Crippen molar-refractivity contribution >= 4 is 12.0 Å². The van der Waals surface area contributed by atoms with Crippen LogP contribution in [0.15, 0.2) is 30.3 Å². The van der Waals surface area contributed by atoms with Gasteiger partial charge in [0.25, 0.3) is 0 Å². The van der Waals surface area contributed by atoms with Gasteiger partial charge in [-0.2, -0.15) is 0 Å². The first-order valence-electron chi connectivity index (χ1n) is 7.26. The van der Waals surface area contributed by atoms with Crippen LogP contribution in [0.4, 0.5) is 4.79 Å². The number of amides is 2. The lowest BCUT2D eigenvalue weighted by atomic mass is 10.1. The summed E-state index contributed by atoms with van der Waals surface area (Å²) in [5.74, 6) is -0.980. The molecule has 0 unspecified atom stereocenters. The van der Waals surface area contributed by atoms with Crippen LogP contribution in [0.5, 0.6) is 0 Å². The molecule has 5 nitrogen and oxygen atoms in total. The average molecular weight is 293 g/mol. The van der Waals surface area contributed by atoms with Crippen LogP contribution in [0, 0.1) is 5.92 Å². The largest absolute Gasteiger partial charge is 0.447 e. The Hall–Kier alpha value is -1.88. The van der Waals surface area contributed by atoms with Gasteiger partial charge in [0.1, 0.15) is 6.61 Å². The highest BCUT2D eigenvalue weighted by atomic mass is 16.6. The van der Waals surface area contributed by atoms with Gasteiger partial charge in [0.05, 0.1) is 18.1 Å². The molecule has 1 N–H and O–H groups in total. The Morgan fingerprint density at radius 1 is 1.43 bits per heavy atom. The monoisotopic (exact) mass is 293 g/mol. The van der Waals surface area contributed by atoms with Crippen LogP contribution in [0.3, 0.4) is 0 Å². The van der Waals surface area contributed by atoms with Gasteiger partial charge >= 0.3 is 6.09 Å². The summed E-state index contributed by atoms with van der Waals surface area (Å²) < 4.78 is 5.02. The van der Waals surface area contributed by atoms with Gasteiger partial charge in [-0.05, 0) is 18.4 Å². The molecule has 114 valence electrons. The normalized spacial score (nSPS) is 21.0. The lowest BCUT2D eigenvalue weighted by Gasteiger charge is -2.25. The molecule has 2 amide bonds. The third-order valence-corrected chi connectivity index (χ3v) is 3.90. The molecular formula is C16H21NO4. The van der Waals surface area contributed by atoms with E-state index in [1.54, 1.807) is 13.8 Å². The third kappa shape index (κ3) is 3.42. The minimum absolute atomic E-state index is 0.203. The van der Waals surface area contributed by atoms with Gasteiger partial charge < -0.3 is 9.84 Å². The number of imide groups is 1. The fourth-order valence-corrected chi connectivity index (χ4v) is 2.50. The molecule has 5 heteroatoms. The Labute approximate surface area is 124 Å². The number of hydrogen-bond donors (Lipinski definition) is 1. The topological polar surface area (TPSA) is 66.8 Å². The zero-order chi connectivity index (χ0) is 15.4. The maximum absolute atomic E-state index is 12.4. The molecule has 0 bridgehead atoms. The van der Waals surface area contributed by atoms with Crippen molar-refractivity contribution in [1.82, 2.24) is 4.90 Å². The van der Waals surface area contributed by atoms with Gasteiger partial charge in [0.2, 0.25) is 5.91 Å². The molecule has 1 aromatic rings. The number of hydrogen-bond acceptors (Lipinski definition) is 4. The van der Waals surface area contributed by atoms with Gasteiger partial charge in [-0.3, -0.25) is 4.79 Å². The van der Waals surface area contributed by atoms with E-state index in [9.17, 15) is 14.7 Å². The summed E-state index contributed by atoms with van der Waals surface area (Å²) in [5, 5.41) is 9.82. The zero-order valence-corrected chi connectivity index (χ0v) is 12.4. The molecule has 1 saturated heterocycles. The first-order chi connectivity index (χ1) is 10.0. The van der Waals surface area contributed by atoms with Crippen LogP contribution >= 0.6 is 0 Å². The summed E-state index contributed by atoms with van der Waals surface area (Å²) >= 11 is 0. The van der Waals surface area contributed by atoms with E-state index in [0.717, 1.165) is 10.5 Å². The van der Waals surface area contributed by atoms with E-state index < -0.39 is 18.1 Å². The highest BCUT2D eigenvalue weighted by molar-refractivity contribution is 5.94. The van der Waals surface area contributed by atoms with Crippen molar-refractivity contribution in [2.75, 3.05) is 6.61 Å². The Bertz CT molecular complexity index is 502. The second-order valence-electron chi connectivity index (χ2n) is 5.39. The van der Waals surface area contributed by atoms with Gasteiger partial charge in [-0.25, -0.2) is 9.69 Å². The molecule has 0 aliphatic carbocycles. The molecule has 1 heterocycles. The standard InChI is InChI=1S/C16H21NO4/c1-3-14(18)11(2)15(19)17-13(10-21-16(17)20)9-12-7-5-4-6-8-12/h4-8,11,13-14,18H,3,9-10H2,1-2H3/t11-,13-,14-/m1/s1/i11+1,14+1. The van der Waals surface area contributed by atoms with Gasteiger partial charge in [0.15, 0.2) is 0 Å². The summed E-state index contributed by atoms with van der Waals surface area (Å²) in [7, 11) is 0. The summed E-state index contributed by atoms with van der Waals surface area (Å²) in [4.78, 5) is 25.4. The molecule has 1 fully saturated rings. The number of aliphatic hydroxyl groups is 1. The molecule has 3 atom stereocenters. The Morgan fingerprint density at radius 3 is 2.71 bits per heavy atom. The minimum Gasteiger partial charge on any atom is -0.447 e. The first kappa shape index (κ1) is 15.5. The van der Waals surface area contributed by atoms with E-state index in [-0.39, 0.29) is 18.6 Å². The zero-order valence-electron chi connectivity index (χ0n) is 12.4. The van der Waals surface area contributed by atoms with E-state index >= 15 is 0 Å². The van der Waals surface area contributed by atoms with E-state index in [0.29, 0.717) is 12.8 Å². The molecule has 0 aromatic heterocycles. The third-order valence-electron chi connectivity index (χ3n) is 3.90. The van der Waals surface area contributed by atoms with Gasteiger partial charge in [-0.15, -0.1) is 0 Å². The van der Waals surface area contributed by atoms with E-state index in [4.69, 9.17) is 4.74 Å². The SMILES string of the molecule is CC[13C@@H](O)[13C@@H](C)C(=O)N1C(=O)OC[C@H]1Cc1ccccc1. The fourth-order valence-electron chi connectivity index (χ4n) is 2.50. The van der Waals surface area contributed by atoms with Crippen molar-refractivity contribution in [2.24, 2.45) is 5.92 Å². The Balaban J connectivity index is 2.11. The van der Waals surface area contributed by atoms with Crippen molar-refractivity contribution in [2.45, 2.75) is 38.8 Å². The maximum Gasteiger partial charge on any atom is 0.416 e. The van der Waals surface area contributed by atoms with Crippen LogP contribution in [0.2, 0.25) is 0 Å². The number of carbonyl (C=O) groups is 2. The number of cyclic esters (lactones) is 1. The summed E-state index contributed by atoms with van der Waals surface area (Å²) in [6.07, 6.45) is -0.328. The molecule has 1 aliphatic heterocycles. The fraction of sp³-hybridized carbons (Fsp3) is 0.500. The molecule has 0 spiro atoms. The van der Waals surface area contributed by atoms with Crippen molar-refractivity contribution < 1.29 is 19.4 Å². The van der Waals surface area contributed by atoms with Gasteiger partial charge in [0, 0.05) is 0 Å². The lowest BCUT2D eigenvalue weighted by molar-refractivity contribution is -0.136. The van der Waals surface area contributed by atoms with Crippen LogP contribution in [-0.2, 0) is 16.0 Å². The summed E-state index contributed by atoms with van der Waals surface area (Å²) in [5.41, 5.74) is 1.04. The molecule has 0 radical (unpaired) electrons. The number of aliphatic hydroxyl groups excluding tert-OH is 1.